The number of nitrogens with zero attached hydrogens (tertiary/aromatic N) is 3. The number of hydrogen-bond donors (Lipinski definition) is 0. The maximum absolute atomic E-state index is 13.4. The molecule has 0 radical (unpaired) electrons. The van der Waals surface area contributed by atoms with Crippen molar-refractivity contribution in [1.82, 2.24) is 5.06 Å². The van der Waals surface area contributed by atoms with Crippen LogP contribution in [0.1, 0.15) is 50.2 Å². The van der Waals surface area contributed by atoms with E-state index in [0.717, 1.165) is 11.4 Å². The normalized spacial score (nSPS) is 16.3. The number of ether oxygens (including phenoxy) is 2. The molecule has 1 saturated heterocycles. The lowest BCUT2D eigenvalue weighted by Crippen LogP contribution is -2.33. The second kappa shape index (κ2) is 8.59. The summed E-state index contributed by atoms with van der Waals surface area (Å²) in [7, 11) is 7.70. The highest BCUT2D eigenvalue weighted by molar-refractivity contribution is 6.04. The van der Waals surface area contributed by atoms with Crippen LogP contribution in [0.15, 0.2) is 54.6 Å². The van der Waals surface area contributed by atoms with Crippen molar-refractivity contribution in [3.05, 3.63) is 82.4 Å². The van der Waals surface area contributed by atoms with Crippen LogP contribution in [0.4, 0.5) is 11.4 Å². The fraction of sp³-hybridized carbons (Fsp3) is 0.241. The minimum atomic E-state index is -1.31. The summed E-state index contributed by atoms with van der Waals surface area (Å²) in [5.41, 5.74) is 2.52. The number of fused-ring (bicyclic) bond motifs is 6. The molecule has 3 aromatic carbocycles. The van der Waals surface area contributed by atoms with E-state index in [4.69, 9.17) is 14.3 Å². The first-order valence-corrected chi connectivity index (χ1v) is 12.4. The summed E-state index contributed by atoms with van der Waals surface area (Å²) in [6.45, 7) is 0. The second-order valence-corrected chi connectivity index (χ2v) is 10.0. The van der Waals surface area contributed by atoms with E-state index in [9.17, 15) is 19.2 Å². The monoisotopic (exact) mass is 527 g/mol. The Balaban J connectivity index is 1.49. The van der Waals surface area contributed by atoms with E-state index >= 15 is 0 Å². The van der Waals surface area contributed by atoms with Crippen LogP contribution in [0.5, 0.6) is 11.5 Å². The summed E-state index contributed by atoms with van der Waals surface area (Å²) in [5.74, 6) is -1.64. The summed E-state index contributed by atoms with van der Waals surface area (Å²) >= 11 is 0. The molecule has 0 saturated carbocycles. The zero-order valence-corrected chi connectivity index (χ0v) is 21.8. The van der Waals surface area contributed by atoms with Crippen molar-refractivity contribution in [3.8, 4) is 11.5 Å². The molecule has 0 aliphatic carbocycles. The Morgan fingerprint density at radius 3 is 1.87 bits per heavy atom. The van der Waals surface area contributed by atoms with Gasteiger partial charge in [0.2, 0.25) is 0 Å². The van der Waals surface area contributed by atoms with Crippen LogP contribution >= 0.6 is 0 Å². The van der Waals surface area contributed by atoms with Gasteiger partial charge in [0.1, 0.15) is 11.5 Å². The van der Waals surface area contributed by atoms with Crippen LogP contribution in [0.25, 0.3) is 0 Å². The Bertz CT molecular complexity index is 1520. The number of benzene rings is 3. The standard InChI is InChI=1S/C29H25N3O7/c1-30(2)17-6-9-21-23(14-17)37-24-15-18(31(3)4)7-10-22(24)29(21)20-8-5-16(13-19(20)28(36)38-29)27(35)39-32-25(33)11-12-26(32)34/h5-10,13-15H,11-12H2,1-4H3. The summed E-state index contributed by atoms with van der Waals surface area (Å²) in [5, 5.41) is 0.477. The highest BCUT2D eigenvalue weighted by Gasteiger charge is 2.54. The minimum absolute atomic E-state index is 0.00803. The van der Waals surface area contributed by atoms with Gasteiger partial charge < -0.3 is 24.1 Å². The lowest BCUT2D eigenvalue weighted by atomic mass is 9.77. The molecule has 0 atom stereocenters. The van der Waals surface area contributed by atoms with Crippen LogP contribution in [0, 0.1) is 0 Å². The van der Waals surface area contributed by atoms with Gasteiger partial charge in [-0.1, -0.05) is 6.07 Å². The van der Waals surface area contributed by atoms with Crippen LogP contribution in [0.3, 0.4) is 0 Å². The first-order chi connectivity index (χ1) is 18.6. The zero-order chi connectivity index (χ0) is 27.6. The fourth-order valence-corrected chi connectivity index (χ4v) is 5.18. The van der Waals surface area contributed by atoms with Crippen molar-refractivity contribution in [3.63, 3.8) is 0 Å². The first-order valence-electron chi connectivity index (χ1n) is 12.4. The lowest BCUT2D eigenvalue weighted by Gasteiger charge is -2.37. The van der Waals surface area contributed by atoms with Gasteiger partial charge in [0, 0.05) is 81.2 Å². The summed E-state index contributed by atoms with van der Waals surface area (Å²) in [6, 6.07) is 15.9. The fourth-order valence-electron chi connectivity index (χ4n) is 5.18. The van der Waals surface area contributed by atoms with Crippen LogP contribution < -0.4 is 14.5 Å². The molecule has 0 N–H and O–H groups in total. The van der Waals surface area contributed by atoms with E-state index in [0.29, 0.717) is 33.3 Å². The smallest absolute Gasteiger partial charge is 0.363 e. The number of rotatable bonds is 4. The van der Waals surface area contributed by atoms with Crippen LogP contribution in [-0.4, -0.2) is 57.0 Å². The maximum atomic E-state index is 13.4. The SMILES string of the molecule is CN(C)c1ccc2c(c1)Oc1cc(N(C)C)ccc1C21OC(=O)c2cc(C(=O)ON3C(=O)CCC3=O)ccc21. The molecule has 0 bridgehead atoms. The summed E-state index contributed by atoms with van der Waals surface area (Å²) < 4.78 is 12.6. The van der Waals surface area contributed by atoms with E-state index in [1.807, 2.05) is 74.4 Å². The molecule has 3 aliphatic rings. The Labute approximate surface area is 224 Å². The van der Waals surface area contributed by atoms with E-state index in [1.165, 1.54) is 12.1 Å². The Morgan fingerprint density at radius 2 is 1.33 bits per heavy atom. The predicted molar refractivity (Wildman–Crippen MR) is 140 cm³/mol. The minimum Gasteiger partial charge on any atom is -0.456 e. The largest absolute Gasteiger partial charge is 0.456 e. The zero-order valence-electron chi connectivity index (χ0n) is 21.8. The Morgan fingerprint density at radius 1 is 0.795 bits per heavy atom. The molecule has 39 heavy (non-hydrogen) atoms. The first kappa shape index (κ1) is 24.5. The molecule has 198 valence electrons. The molecule has 10 nitrogen and oxygen atoms in total. The van der Waals surface area contributed by atoms with Crippen LogP contribution in [0.2, 0.25) is 0 Å². The molecule has 1 fully saturated rings. The molecular formula is C29H25N3O7. The molecule has 6 rings (SSSR count). The van der Waals surface area contributed by atoms with E-state index in [1.54, 1.807) is 6.07 Å². The summed E-state index contributed by atoms with van der Waals surface area (Å²) in [4.78, 5) is 58.9. The van der Waals surface area contributed by atoms with Crippen molar-refractivity contribution < 1.29 is 33.5 Å². The Hall–Kier alpha value is -4.86. The van der Waals surface area contributed by atoms with Crippen molar-refractivity contribution in [2.45, 2.75) is 18.4 Å². The number of hydrogen-bond acceptors (Lipinski definition) is 9. The highest BCUT2D eigenvalue weighted by Crippen LogP contribution is 2.57. The number of carbonyl (C=O) groups excluding carboxylic acids is 4. The molecule has 10 heteroatoms. The van der Waals surface area contributed by atoms with Gasteiger partial charge in [0.05, 0.1) is 11.1 Å². The van der Waals surface area contributed by atoms with Gasteiger partial charge in [0.25, 0.3) is 11.8 Å². The molecule has 3 heterocycles. The molecule has 2 amide bonds. The molecular weight excluding hydrogens is 502 g/mol. The third kappa shape index (κ3) is 3.63. The van der Waals surface area contributed by atoms with Gasteiger partial charge in [-0.15, -0.1) is 5.06 Å². The van der Waals surface area contributed by atoms with E-state index < -0.39 is 29.4 Å². The van der Waals surface area contributed by atoms with E-state index in [-0.39, 0.29) is 24.0 Å². The number of carbonyl (C=O) groups is 4. The van der Waals surface area contributed by atoms with Gasteiger partial charge >= 0.3 is 11.9 Å². The van der Waals surface area contributed by atoms with Crippen molar-refractivity contribution in [1.29, 1.82) is 0 Å². The van der Waals surface area contributed by atoms with Crippen LogP contribution in [-0.2, 0) is 24.8 Å². The van der Waals surface area contributed by atoms with Gasteiger partial charge in [-0.3, -0.25) is 9.59 Å². The third-order valence-corrected chi connectivity index (χ3v) is 7.22. The summed E-state index contributed by atoms with van der Waals surface area (Å²) in [6.07, 6.45) is -0.0335. The quantitative estimate of drug-likeness (QED) is 0.372. The highest BCUT2D eigenvalue weighted by atomic mass is 16.7. The lowest BCUT2D eigenvalue weighted by molar-refractivity contribution is -0.172. The average molecular weight is 528 g/mol. The van der Waals surface area contributed by atoms with E-state index in [2.05, 4.69) is 0 Å². The third-order valence-electron chi connectivity index (χ3n) is 7.22. The molecule has 0 aromatic heterocycles. The predicted octanol–water partition coefficient (Wildman–Crippen LogP) is 3.61. The maximum Gasteiger partial charge on any atom is 0.363 e. The number of hydroxylamine groups is 2. The number of anilines is 2. The number of esters is 1. The molecule has 1 spiro atoms. The Kier molecular flexibility index (Phi) is 5.39. The van der Waals surface area contributed by atoms with Gasteiger partial charge in [0.15, 0.2) is 5.60 Å². The number of imide groups is 1. The van der Waals surface area contributed by atoms with Gasteiger partial charge in [-0.2, -0.15) is 0 Å². The molecule has 0 unspecified atom stereocenters. The molecule has 3 aromatic rings. The number of amides is 2. The second-order valence-electron chi connectivity index (χ2n) is 10.0. The van der Waals surface area contributed by atoms with Gasteiger partial charge in [-0.05, 0) is 36.4 Å². The van der Waals surface area contributed by atoms with Crippen molar-refractivity contribution in [2.75, 3.05) is 38.0 Å². The van der Waals surface area contributed by atoms with Crippen molar-refractivity contribution >= 4 is 35.1 Å². The topological polar surface area (TPSA) is 106 Å². The molecule has 3 aliphatic heterocycles. The van der Waals surface area contributed by atoms with Gasteiger partial charge in [-0.25, -0.2) is 9.59 Å². The average Bonchev–Trinajstić information content (AvgIpc) is 3.39. The van der Waals surface area contributed by atoms with Crippen molar-refractivity contribution in [2.24, 2.45) is 0 Å².